The summed E-state index contributed by atoms with van der Waals surface area (Å²) in [6.45, 7) is 22.9. The molecule has 4 aromatic carbocycles. The monoisotopic (exact) mass is 673 g/mol. The maximum absolute atomic E-state index is 11.6. The fourth-order valence-electron chi connectivity index (χ4n) is 6.06. The number of nitrogens with one attached hydrogen (secondary N) is 1. The topological polar surface area (TPSA) is 35.6 Å². The van der Waals surface area contributed by atoms with Crippen LogP contribution in [0.25, 0.3) is 0 Å². The molecule has 1 N–H and O–H groups in total. The van der Waals surface area contributed by atoms with Gasteiger partial charge in [0.2, 0.25) is 5.91 Å². The first-order valence-corrected chi connectivity index (χ1v) is 16.9. The predicted octanol–water partition coefficient (Wildman–Crippen LogP) is 10.9. The summed E-state index contributed by atoms with van der Waals surface area (Å²) in [5, 5.41) is 2.84. The molecule has 0 radical (unpaired) electrons. The van der Waals surface area contributed by atoms with Crippen molar-refractivity contribution in [2.45, 2.75) is 85.5 Å². The van der Waals surface area contributed by atoms with E-state index < -0.39 is 0 Å². The predicted molar refractivity (Wildman–Crippen MR) is 198 cm³/mol. The Hall–Kier alpha value is -3.69. The number of rotatable bonds is 10. The molecule has 0 unspecified atom stereocenters. The molecule has 0 aromatic heterocycles. The second-order valence-corrected chi connectivity index (χ2v) is 13.4. The zero-order chi connectivity index (χ0) is 33.2. The van der Waals surface area contributed by atoms with Crippen LogP contribution in [0.4, 0.5) is 17.1 Å². The third kappa shape index (κ3) is 10.1. The molecule has 5 heteroatoms. The van der Waals surface area contributed by atoms with Crippen LogP contribution >= 0.6 is 0 Å². The fraction of sp³-hybridized carbons (Fsp3) is 0.357. The number of carbonyl (C=O) groups excluding carboxylic acids is 1. The Morgan fingerprint density at radius 3 is 1.38 bits per heavy atom. The maximum atomic E-state index is 11.6. The van der Waals surface area contributed by atoms with Crippen molar-refractivity contribution in [3.63, 3.8) is 0 Å². The van der Waals surface area contributed by atoms with E-state index in [-0.39, 0.29) is 22.4 Å². The van der Waals surface area contributed by atoms with Crippen LogP contribution in [0.1, 0.15) is 113 Å². The summed E-state index contributed by atoms with van der Waals surface area (Å²) >= 11 is 0. The van der Waals surface area contributed by atoms with Gasteiger partial charge in [-0.3, -0.25) is 4.79 Å². The molecule has 1 fully saturated rings. The number of para-hydroxylation sites is 3. The fourth-order valence-corrected chi connectivity index (χ4v) is 6.06. The Kier molecular flexibility index (Phi) is 14.5. The minimum atomic E-state index is 0. The van der Waals surface area contributed by atoms with Crippen LogP contribution in [-0.2, 0) is 21.3 Å². The van der Waals surface area contributed by atoms with E-state index >= 15 is 0 Å². The average Bonchev–Trinajstić information content (AvgIpc) is 3.54. The molecular weight excluding hydrogens is 621 g/mol. The van der Waals surface area contributed by atoms with Crippen LogP contribution in [0, 0.1) is 13.1 Å². The second-order valence-electron chi connectivity index (χ2n) is 13.4. The van der Waals surface area contributed by atoms with E-state index in [0.717, 1.165) is 24.3 Å². The standard InChI is InChI=1S/C27H39N2.C15H14NO.Ni/c1-18(2)22-11-9-12-23(19(3)4)26(22)28-15-16-29(17-28)27-24(20(5)6)13-10-14-25(27)21(7)8;17-15(16-14-9-5-2-6-10-14)12-11-13-7-3-1-4-8-13;/h9-14,17-21H,15-16H2,1-8H3;1-11H,12H2,(H,16,17);/q2*-1;+2. The van der Waals surface area contributed by atoms with Crippen LogP contribution in [-0.4, -0.2) is 19.0 Å². The van der Waals surface area contributed by atoms with Crippen LogP contribution in [0.2, 0.25) is 0 Å². The largest absolute Gasteiger partial charge is 2.00 e. The van der Waals surface area contributed by atoms with E-state index in [4.69, 9.17) is 0 Å². The van der Waals surface area contributed by atoms with Gasteiger partial charge in [-0.2, -0.15) is 30.8 Å². The van der Waals surface area contributed by atoms with Crippen molar-refractivity contribution in [2.24, 2.45) is 0 Å². The van der Waals surface area contributed by atoms with Crippen LogP contribution in [0.3, 0.4) is 0 Å². The number of hydrogen-bond acceptors (Lipinski definition) is 3. The minimum Gasteiger partial charge on any atom is -0.502 e. The molecule has 1 heterocycles. The van der Waals surface area contributed by atoms with Crippen molar-refractivity contribution in [3.8, 4) is 0 Å². The molecule has 0 bridgehead atoms. The average molecular weight is 675 g/mol. The van der Waals surface area contributed by atoms with Gasteiger partial charge in [0.1, 0.15) is 0 Å². The van der Waals surface area contributed by atoms with Gasteiger partial charge in [-0.05, 0) is 58.1 Å². The van der Waals surface area contributed by atoms with Crippen molar-refractivity contribution in [1.29, 1.82) is 0 Å². The second kappa shape index (κ2) is 18.0. The van der Waals surface area contributed by atoms with E-state index in [1.54, 1.807) is 0 Å². The first kappa shape index (κ1) is 37.8. The molecule has 0 aliphatic carbocycles. The van der Waals surface area contributed by atoms with E-state index in [9.17, 15) is 4.79 Å². The summed E-state index contributed by atoms with van der Waals surface area (Å²) in [6.07, 6.45) is 2.30. The zero-order valence-corrected chi connectivity index (χ0v) is 30.4. The van der Waals surface area contributed by atoms with Gasteiger partial charge in [0.15, 0.2) is 0 Å². The van der Waals surface area contributed by atoms with Gasteiger partial charge in [0.05, 0.1) is 0 Å². The Balaban J connectivity index is 0.000000284. The number of anilines is 3. The SMILES string of the molecule is CC(C)c1cccc(C(C)C)c1N1[CH-]N(c2c(C(C)C)cccc2C(C)C)CC1.O=C(C[CH-]c1ccccc1)Nc1ccccc1.[Ni+2]. The molecule has 1 amide bonds. The summed E-state index contributed by atoms with van der Waals surface area (Å²) < 4.78 is 0. The number of carbonyl (C=O) groups is 1. The summed E-state index contributed by atoms with van der Waals surface area (Å²) in [5.74, 6) is 2.06. The van der Waals surface area contributed by atoms with E-state index in [0.29, 0.717) is 30.1 Å². The van der Waals surface area contributed by atoms with Gasteiger partial charge in [-0.1, -0.05) is 116 Å². The summed E-state index contributed by atoms with van der Waals surface area (Å²) in [6, 6.07) is 33.0. The van der Waals surface area contributed by atoms with Crippen molar-refractivity contribution < 1.29 is 21.3 Å². The van der Waals surface area contributed by atoms with Gasteiger partial charge < -0.3 is 15.1 Å². The number of nitrogens with zero attached hydrogens (tertiary/aromatic N) is 2. The number of amides is 1. The Morgan fingerprint density at radius 1 is 0.617 bits per heavy atom. The first-order valence-electron chi connectivity index (χ1n) is 16.9. The third-order valence-corrected chi connectivity index (χ3v) is 8.50. The van der Waals surface area contributed by atoms with Crippen LogP contribution < -0.4 is 15.1 Å². The molecular formula is C42H53N3NiO. The zero-order valence-electron chi connectivity index (χ0n) is 29.4. The smallest absolute Gasteiger partial charge is 0.502 e. The molecule has 4 nitrogen and oxygen atoms in total. The van der Waals surface area contributed by atoms with Crippen molar-refractivity contribution >= 4 is 23.0 Å². The van der Waals surface area contributed by atoms with E-state index in [1.807, 2.05) is 67.1 Å². The Bertz CT molecular complexity index is 1410. The summed E-state index contributed by atoms with van der Waals surface area (Å²) in [4.78, 5) is 16.7. The van der Waals surface area contributed by atoms with Gasteiger partial charge in [0, 0.05) is 36.6 Å². The molecule has 4 aromatic rings. The van der Waals surface area contributed by atoms with Crippen molar-refractivity contribution in [2.75, 3.05) is 28.2 Å². The molecule has 1 saturated heterocycles. The Labute approximate surface area is 294 Å². The minimum absolute atomic E-state index is 0. The van der Waals surface area contributed by atoms with Crippen LogP contribution in [0.15, 0.2) is 97.1 Å². The molecule has 1 aliphatic heterocycles. The summed E-state index contributed by atoms with van der Waals surface area (Å²) in [7, 11) is 0. The molecule has 5 rings (SSSR count). The van der Waals surface area contributed by atoms with Gasteiger partial charge in [-0.25, -0.2) is 0 Å². The van der Waals surface area contributed by atoms with Gasteiger partial charge in [-0.15, -0.1) is 12.1 Å². The number of hydrogen-bond donors (Lipinski definition) is 1. The maximum Gasteiger partial charge on any atom is 2.00 e. The van der Waals surface area contributed by atoms with E-state index in [2.05, 4.69) is 114 Å². The quantitative estimate of drug-likeness (QED) is 0.134. The van der Waals surface area contributed by atoms with Gasteiger partial charge >= 0.3 is 16.5 Å². The molecule has 252 valence electrons. The Morgan fingerprint density at radius 2 is 1.00 bits per heavy atom. The van der Waals surface area contributed by atoms with E-state index in [1.165, 1.54) is 33.6 Å². The molecule has 47 heavy (non-hydrogen) atoms. The van der Waals surface area contributed by atoms with Crippen molar-refractivity contribution in [3.05, 3.63) is 138 Å². The molecule has 1 aliphatic rings. The van der Waals surface area contributed by atoms with Gasteiger partial charge in [0.25, 0.3) is 0 Å². The first-order chi connectivity index (χ1) is 22.1. The number of benzene rings is 4. The summed E-state index contributed by atoms with van der Waals surface area (Å²) in [5.41, 5.74) is 10.6. The molecule has 0 saturated carbocycles. The molecule has 0 spiro atoms. The normalized spacial score (nSPS) is 12.7. The molecule has 0 atom stereocenters. The van der Waals surface area contributed by atoms with Crippen LogP contribution in [0.5, 0.6) is 0 Å². The third-order valence-electron chi connectivity index (χ3n) is 8.50. The van der Waals surface area contributed by atoms with Crippen molar-refractivity contribution in [1.82, 2.24) is 0 Å².